The van der Waals surface area contributed by atoms with Gasteiger partial charge in [0.15, 0.2) is 0 Å². The summed E-state index contributed by atoms with van der Waals surface area (Å²) >= 11 is 0. The molecule has 1 fully saturated rings. The Hall–Kier alpha value is -1.39. The van der Waals surface area contributed by atoms with Crippen LogP contribution in [0, 0.1) is 5.41 Å². The van der Waals surface area contributed by atoms with Crippen LogP contribution in [-0.2, 0) is 11.3 Å². The van der Waals surface area contributed by atoms with Gasteiger partial charge in [0, 0.05) is 12.5 Å². The molecule has 1 aromatic rings. The van der Waals surface area contributed by atoms with Gasteiger partial charge in [-0.2, -0.15) is 5.10 Å². The van der Waals surface area contributed by atoms with E-state index in [9.17, 15) is 4.79 Å². The third kappa shape index (κ3) is 2.65. The Morgan fingerprint density at radius 3 is 2.76 bits per heavy atom. The SMILES string of the molecule is CN(Cc1ncn[nH]1)C(=O)C1(C)CCCCC1. The summed E-state index contributed by atoms with van der Waals surface area (Å²) in [5, 5.41) is 6.57. The molecule has 1 aliphatic rings. The molecule has 0 saturated heterocycles. The predicted octanol–water partition coefficient (Wildman–Crippen LogP) is 1.73. The molecular weight excluding hydrogens is 216 g/mol. The lowest BCUT2D eigenvalue weighted by Crippen LogP contribution is -2.41. The normalized spacial score (nSPS) is 18.9. The van der Waals surface area contributed by atoms with E-state index >= 15 is 0 Å². The fraction of sp³-hybridized carbons (Fsp3) is 0.750. The van der Waals surface area contributed by atoms with Crippen molar-refractivity contribution in [2.75, 3.05) is 7.05 Å². The lowest BCUT2D eigenvalue weighted by molar-refractivity contribution is -0.142. The molecule has 0 bridgehead atoms. The van der Waals surface area contributed by atoms with E-state index < -0.39 is 0 Å². The fourth-order valence-corrected chi connectivity index (χ4v) is 2.61. The standard InChI is InChI=1S/C12H20N4O/c1-12(6-4-3-5-7-12)11(17)16(2)8-10-13-9-14-15-10/h9H,3-8H2,1-2H3,(H,13,14,15). The number of aromatic amines is 1. The highest BCUT2D eigenvalue weighted by molar-refractivity contribution is 5.82. The second kappa shape index (κ2) is 4.85. The maximum atomic E-state index is 12.4. The van der Waals surface area contributed by atoms with Crippen molar-refractivity contribution in [3.05, 3.63) is 12.2 Å². The second-order valence-electron chi connectivity index (χ2n) is 5.21. The number of carbonyl (C=O) groups excluding carboxylic acids is 1. The van der Waals surface area contributed by atoms with Crippen LogP contribution < -0.4 is 0 Å². The Morgan fingerprint density at radius 1 is 1.47 bits per heavy atom. The minimum atomic E-state index is -0.174. The minimum Gasteiger partial charge on any atom is -0.338 e. The predicted molar refractivity (Wildman–Crippen MR) is 64.0 cm³/mol. The summed E-state index contributed by atoms with van der Waals surface area (Å²) < 4.78 is 0. The molecule has 17 heavy (non-hydrogen) atoms. The number of nitrogens with one attached hydrogen (secondary N) is 1. The van der Waals surface area contributed by atoms with Crippen molar-refractivity contribution in [1.29, 1.82) is 0 Å². The van der Waals surface area contributed by atoms with Crippen molar-refractivity contribution in [2.45, 2.75) is 45.6 Å². The van der Waals surface area contributed by atoms with Gasteiger partial charge < -0.3 is 4.90 Å². The van der Waals surface area contributed by atoms with Crippen LogP contribution in [0.5, 0.6) is 0 Å². The zero-order valence-corrected chi connectivity index (χ0v) is 10.6. The first-order chi connectivity index (χ1) is 8.12. The quantitative estimate of drug-likeness (QED) is 0.869. The molecule has 0 unspecified atom stereocenters. The zero-order chi connectivity index (χ0) is 12.3. The van der Waals surface area contributed by atoms with Gasteiger partial charge >= 0.3 is 0 Å². The summed E-state index contributed by atoms with van der Waals surface area (Å²) in [6, 6.07) is 0. The van der Waals surface area contributed by atoms with Crippen molar-refractivity contribution < 1.29 is 4.79 Å². The molecule has 1 amide bonds. The highest BCUT2D eigenvalue weighted by Gasteiger charge is 2.36. The molecule has 1 saturated carbocycles. The van der Waals surface area contributed by atoms with E-state index in [0.29, 0.717) is 6.54 Å². The van der Waals surface area contributed by atoms with Crippen molar-refractivity contribution in [3.63, 3.8) is 0 Å². The van der Waals surface area contributed by atoms with Gasteiger partial charge in [0.05, 0.1) is 6.54 Å². The van der Waals surface area contributed by atoms with Gasteiger partial charge in [-0.05, 0) is 12.8 Å². The Morgan fingerprint density at radius 2 is 2.18 bits per heavy atom. The summed E-state index contributed by atoms with van der Waals surface area (Å²) in [7, 11) is 1.84. The van der Waals surface area contributed by atoms with Crippen LogP contribution in [0.3, 0.4) is 0 Å². The monoisotopic (exact) mass is 236 g/mol. The van der Waals surface area contributed by atoms with Crippen molar-refractivity contribution in [2.24, 2.45) is 5.41 Å². The van der Waals surface area contributed by atoms with E-state index in [4.69, 9.17) is 0 Å². The molecule has 0 atom stereocenters. The number of hydrogen-bond acceptors (Lipinski definition) is 3. The number of H-pyrrole nitrogens is 1. The zero-order valence-electron chi connectivity index (χ0n) is 10.6. The third-order valence-corrected chi connectivity index (χ3v) is 3.67. The molecule has 0 radical (unpaired) electrons. The average molecular weight is 236 g/mol. The molecule has 1 N–H and O–H groups in total. The molecular formula is C12H20N4O. The number of nitrogens with zero attached hydrogens (tertiary/aromatic N) is 3. The van der Waals surface area contributed by atoms with E-state index in [1.165, 1.54) is 25.6 Å². The number of aromatic nitrogens is 3. The van der Waals surface area contributed by atoms with Gasteiger partial charge in [0.25, 0.3) is 0 Å². The van der Waals surface area contributed by atoms with Gasteiger partial charge in [0.2, 0.25) is 5.91 Å². The Balaban J connectivity index is 1.98. The molecule has 0 aliphatic heterocycles. The van der Waals surface area contributed by atoms with Crippen LogP contribution in [0.1, 0.15) is 44.9 Å². The summed E-state index contributed by atoms with van der Waals surface area (Å²) in [6.07, 6.45) is 7.07. The number of rotatable bonds is 3. The van der Waals surface area contributed by atoms with E-state index in [0.717, 1.165) is 18.7 Å². The Bertz CT molecular complexity index is 368. The molecule has 1 aromatic heterocycles. The molecule has 0 aromatic carbocycles. The van der Waals surface area contributed by atoms with Crippen LogP contribution in [0.15, 0.2) is 6.33 Å². The molecule has 1 heterocycles. The topological polar surface area (TPSA) is 61.9 Å². The molecule has 2 rings (SSSR count). The van der Waals surface area contributed by atoms with Crippen molar-refractivity contribution >= 4 is 5.91 Å². The fourth-order valence-electron chi connectivity index (χ4n) is 2.61. The maximum Gasteiger partial charge on any atom is 0.228 e. The number of carbonyl (C=O) groups is 1. The Labute approximate surface area is 102 Å². The van der Waals surface area contributed by atoms with Crippen LogP contribution in [-0.4, -0.2) is 33.0 Å². The van der Waals surface area contributed by atoms with Crippen LogP contribution in [0.2, 0.25) is 0 Å². The highest BCUT2D eigenvalue weighted by atomic mass is 16.2. The highest BCUT2D eigenvalue weighted by Crippen LogP contribution is 2.37. The smallest absolute Gasteiger partial charge is 0.228 e. The summed E-state index contributed by atoms with van der Waals surface area (Å²) in [5.41, 5.74) is -0.174. The first kappa shape index (κ1) is 12.1. The van der Waals surface area contributed by atoms with Crippen LogP contribution in [0.25, 0.3) is 0 Å². The minimum absolute atomic E-state index is 0.174. The lowest BCUT2D eigenvalue weighted by Gasteiger charge is -2.35. The van der Waals surface area contributed by atoms with Gasteiger partial charge in [-0.1, -0.05) is 26.2 Å². The summed E-state index contributed by atoms with van der Waals surface area (Å²) in [6.45, 7) is 2.60. The average Bonchev–Trinajstić information content (AvgIpc) is 2.81. The Kier molecular flexibility index (Phi) is 3.45. The van der Waals surface area contributed by atoms with Crippen LogP contribution >= 0.6 is 0 Å². The number of amides is 1. The largest absolute Gasteiger partial charge is 0.338 e. The molecule has 0 spiro atoms. The van der Waals surface area contributed by atoms with E-state index in [-0.39, 0.29) is 11.3 Å². The second-order valence-corrected chi connectivity index (χ2v) is 5.21. The first-order valence-electron chi connectivity index (χ1n) is 6.22. The molecule has 5 heteroatoms. The van der Waals surface area contributed by atoms with E-state index in [2.05, 4.69) is 22.1 Å². The van der Waals surface area contributed by atoms with Gasteiger partial charge in [0.1, 0.15) is 12.2 Å². The number of hydrogen-bond donors (Lipinski definition) is 1. The summed E-state index contributed by atoms with van der Waals surface area (Å²) in [5.74, 6) is 0.967. The van der Waals surface area contributed by atoms with Crippen LogP contribution in [0.4, 0.5) is 0 Å². The lowest BCUT2D eigenvalue weighted by atomic mass is 9.75. The maximum absolute atomic E-state index is 12.4. The first-order valence-corrected chi connectivity index (χ1v) is 6.22. The van der Waals surface area contributed by atoms with Gasteiger partial charge in [-0.15, -0.1) is 0 Å². The summed E-state index contributed by atoms with van der Waals surface area (Å²) in [4.78, 5) is 18.2. The van der Waals surface area contributed by atoms with Crippen molar-refractivity contribution in [1.82, 2.24) is 20.1 Å². The molecule has 1 aliphatic carbocycles. The van der Waals surface area contributed by atoms with Gasteiger partial charge in [-0.3, -0.25) is 9.89 Å². The molecule has 94 valence electrons. The molecule has 5 nitrogen and oxygen atoms in total. The third-order valence-electron chi connectivity index (χ3n) is 3.67. The van der Waals surface area contributed by atoms with E-state index in [1.54, 1.807) is 4.90 Å². The van der Waals surface area contributed by atoms with Gasteiger partial charge in [-0.25, -0.2) is 4.98 Å². The van der Waals surface area contributed by atoms with Crippen molar-refractivity contribution in [3.8, 4) is 0 Å². The van der Waals surface area contributed by atoms with E-state index in [1.807, 2.05) is 7.05 Å².